The Hall–Kier alpha value is -0.780. The first-order chi connectivity index (χ1) is 9.54. The minimum atomic E-state index is -0.528. The fourth-order valence-corrected chi connectivity index (χ4v) is 2.83. The van der Waals surface area contributed by atoms with Crippen molar-refractivity contribution < 1.29 is 9.53 Å². The Morgan fingerprint density at radius 2 is 1.95 bits per heavy atom. The number of nitrogens with one attached hydrogen (secondary N) is 1. The fourth-order valence-electron chi connectivity index (χ4n) is 2.57. The van der Waals surface area contributed by atoms with Gasteiger partial charge in [0.25, 0.3) is 5.91 Å². The Bertz CT molecular complexity index is 461. The van der Waals surface area contributed by atoms with Crippen molar-refractivity contribution >= 4 is 34.2 Å². The molecule has 0 bridgehead atoms. The molecule has 1 aliphatic carbocycles. The van der Waals surface area contributed by atoms with E-state index in [9.17, 15) is 4.79 Å². The summed E-state index contributed by atoms with van der Waals surface area (Å²) in [5.41, 5.74) is 5.60. The molecule has 0 radical (unpaired) electrons. The summed E-state index contributed by atoms with van der Waals surface area (Å²) in [6.45, 7) is 2.25. The molecule has 118 valence electrons. The van der Waals surface area contributed by atoms with Gasteiger partial charge in [0.2, 0.25) is 0 Å². The number of hydrogen-bond donors (Lipinski definition) is 2. The van der Waals surface area contributed by atoms with Gasteiger partial charge in [-0.05, 0) is 44.0 Å². The normalized spacial score (nSPS) is 17.7. The van der Waals surface area contributed by atoms with Crippen molar-refractivity contribution in [3.8, 4) is 5.75 Å². The predicted octanol–water partition coefficient (Wildman–Crippen LogP) is 3.03. The second-order valence-corrected chi connectivity index (χ2v) is 6.31. The topological polar surface area (TPSA) is 64.3 Å². The Morgan fingerprint density at radius 1 is 1.38 bits per heavy atom. The van der Waals surface area contributed by atoms with E-state index in [2.05, 4.69) is 21.2 Å². The Labute approximate surface area is 140 Å². The lowest BCUT2D eigenvalue weighted by Crippen LogP contribution is -2.54. The van der Waals surface area contributed by atoms with Crippen molar-refractivity contribution in [3.63, 3.8) is 0 Å². The molecule has 0 heterocycles. The first kappa shape index (κ1) is 18.3. The van der Waals surface area contributed by atoms with Gasteiger partial charge in [-0.15, -0.1) is 12.4 Å². The lowest BCUT2D eigenvalue weighted by atomic mass is 9.97. The second-order valence-electron chi connectivity index (χ2n) is 5.39. The van der Waals surface area contributed by atoms with E-state index in [-0.39, 0.29) is 23.9 Å². The van der Waals surface area contributed by atoms with Crippen molar-refractivity contribution in [1.29, 1.82) is 0 Å². The molecule has 2 rings (SSSR count). The van der Waals surface area contributed by atoms with E-state index < -0.39 is 6.10 Å². The van der Waals surface area contributed by atoms with Crippen LogP contribution in [0.5, 0.6) is 5.75 Å². The zero-order valence-electron chi connectivity index (χ0n) is 12.1. The van der Waals surface area contributed by atoms with Crippen LogP contribution < -0.4 is 15.8 Å². The Kier molecular flexibility index (Phi) is 6.97. The van der Waals surface area contributed by atoms with E-state index >= 15 is 0 Å². The van der Waals surface area contributed by atoms with Crippen LogP contribution in [-0.4, -0.2) is 24.1 Å². The van der Waals surface area contributed by atoms with E-state index in [0.29, 0.717) is 12.3 Å². The third-order valence-corrected chi connectivity index (χ3v) is 4.36. The van der Waals surface area contributed by atoms with Gasteiger partial charge in [-0.2, -0.15) is 0 Å². The van der Waals surface area contributed by atoms with E-state index in [1.54, 1.807) is 6.92 Å². The first-order valence-electron chi connectivity index (χ1n) is 6.99. The number of nitrogens with two attached hydrogens (primary N) is 1. The van der Waals surface area contributed by atoms with Crippen molar-refractivity contribution in [2.45, 2.75) is 44.2 Å². The zero-order valence-corrected chi connectivity index (χ0v) is 14.5. The maximum atomic E-state index is 12.2. The van der Waals surface area contributed by atoms with E-state index in [1.165, 1.54) is 0 Å². The molecule has 0 aliphatic heterocycles. The number of carbonyl (C=O) groups excluding carboxylic acids is 1. The van der Waals surface area contributed by atoms with Gasteiger partial charge in [0.05, 0.1) is 5.54 Å². The zero-order chi connectivity index (χ0) is 14.6. The third kappa shape index (κ3) is 4.87. The average molecular weight is 378 g/mol. The van der Waals surface area contributed by atoms with E-state index in [1.807, 2.05) is 24.3 Å². The third-order valence-electron chi connectivity index (χ3n) is 3.84. The quantitative estimate of drug-likeness (QED) is 0.829. The molecule has 0 spiro atoms. The van der Waals surface area contributed by atoms with Crippen LogP contribution in [0.15, 0.2) is 28.7 Å². The summed E-state index contributed by atoms with van der Waals surface area (Å²) in [4.78, 5) is 12.2. The molecule has 21 heavy (non-hydrogen) atoms. The number of ether oxygens (including phenoxy) is 1. The van der Waals surface area contributed by atoms with Gasteiger partial charge >= 0.3 is 0 Å². The molecule has 4 nitrogen and oxygen atoms in total. The number of hydrogen-bond acceptors (Lipinski definition) is 3. The summed E-state index contributed by atoms with van der Waals surface area (Å²) < 4.78 is 6.64. The van der Waals surface area contributed by atoms with Crippen molar-refractivity contribution in [3.05, 3.63) is 28.7 Å². The SMILES string of the molecule is CC(Oc1ccc(Br)cc1)C(=O)NC1(CN)CCCC1.Cl. The van der Waals surface area contributed by atoms with E-state index in [4.69, 9.17) is 10.5 Å². The highest BCUT2D eigenvalue weighted by molar-refractivity contribution is 9.10. The molecule has 1 aromatic carbocycles. The van der Waals surface area contributed by atoms with Crippen LogP contribution in [0.25, 0.3) is 0 Å². The number of amides is 1. The molecule has 6 heteroatoms. The van der Waals surface area contributed by atoms with E-state index in [0.717, 1.165) is 30.2 Å². The van der Waals surface area contributed by atoms with Crippen LogP contribution >= 0.6 is 28.3 Å². The highest BCUT2D eigenvalue weighted by atomic mass is 79.9. The van der Waals surface area contributed by atoms with Gasteiger partial charge in [0, 0.05) is 11.0 Å². The number of carbonyl (C=O) groups is 1. The van der Waals surface area contributed by atoms with Crippen LogP contribution in [0, 0.1) is 0 Å². The standard InChI is InChI=1S/C15H21BrN2O2.ClH/c1-11(20-13-6-4-12(16)5-7-13)14(19)18-15(10-17)8-2-3-9-15;/h4-7,11H,2-3,8-10,17H2,1H3,(H,18,19);1H. The largest absolute Gasteiger partial charge is 0.481 e. The highest BCUT2D eigenvalue weighted by Gasteiger charge is 2.35. The Morgan fingerprint density at radius 3 is 2.48 bits per heavy atom. The minimum Gasteiger partial charge on any atom is -0.481 e. The maximum absolute atomic E-state index is 12.2. The second kappa shape index (κ2) is 8.01. The van der Waals surface area contributed by atoms with Crippen molar-refractivity contribution in [2.24, 2.45) is 5.73 Å². The average Bonchev–Trinajstić information content (AvgIpc) is 2.90. The van der Waals surface area contributed by atoms with Gasteiger partial charge in [-0.1, -0.05) is 28.8 Å². The van der Waals surface area contributed by atoms with Crippen LogP contribution in [0.2, 0.25) is 0 Å². The minimum absolute atomic E-state index is 0. The number of benzene rings is 1. The molecule has 0 aromatic heterocycles. The van der Waals surface area contributed by atoms with Gasteiger partial charge in [-0.3, -0.25) is 4.79 Å². The van der Waals surface area contributed by atoms with Gasteiger partial charge in [0.15, 0.2) is 6.10 Å². The summed E-state index contributed by atoms with van der Waals surface area (Å²) in [6.07, 6.45) is 3.64. The lowest BCUT2D eigenvalue weighted by Gasteiger charge is -2.30. The molecular formula is C15H22BrClN2O2. The summed E-state index contributed by atoms with van der Waals surface area (Å²) in [5.74, 6) is 0.587. The molecule has 3 N–H and O–H groups in total. The van der Waals surface area contributed by atoms with Crippen LogP contribution in [-0.2, 0) is 4.79 Å². The van der Waals surface area contributed by atoms with Gasteiger partial charge in [0.1, 0.15) is 5.75 Å². The Balaban J connectivity index is 0.00000220. The molecule has 1 fully saturated rings. The summed E-state index contributed by atoms with van der Waals surface area (Å²) in [7, 11) is 0. The highest BCUT2D eigenvalue weighted by Crippen LogP contribution is 2.28. The fraction of sp³-hybridized carbons (Fsp3) is 0.533. The molecule has 1 amide bonds. The van der Waals surface area contributed by atoms with Gasteiger partial charge < -0.3 is 15.8 Å². The van der Waals surface area contributed by atoms with Crippen molar-refractivity contribution in [1.82, 2.24) is 5.32 Å². The molecular weight excluding hydrogens is 356 g/mol. The van der Waals surface area contributed by atoms with Gasteiger partial charge in [-0.25, -0.2) is 0 Å². The molecule has 1 saturated carbocycles. The monoisotopic (exact) mass is 376 g/mol. The molecule has 1 aliphatic rings. The molecule has 0 saturated heterocycles. The van der Waals surface area contributed by atoms with Crippen LogP contribution in [0.1, 0.15) is 32.6 Å². The molecule has 1 unspecified atom stereocenters. The maximum Gasteiger partial charge on any atom is 0.261 e. The van der Waals surface area contributed by atoms with Crippen LogP contribution in [0.3, 0.4) is 0 Å². The first-order valence-corrected chi connectivity index (χ1v) is 7.78. The summed E-state index contributed by atoms with van der Waals surface area (Å²) in [6, 6.07) is 7.45. The summed E-state index contributed by atoms with van der Waals surface area (Å²) >= 11 is 3.37. The number of halogens is 2. The number of rotatable bonds is 5. The lowest BCUT2D eigenvalue weighted by molar-refractivity contribution is -0.129. The smallest absolute Gasteiger partial charge is 0.261 e. The van der Waals surface area contributed by atoms with Crippen molar-refractivity contribution in [2.75, 3.05) is 6.54 Å². The molecule has 1 aromatic rings. The molecule has 1 atom stereocenters. The van der Waals surface area contributed by atoms with Crippen LogP contribution in [0.4, 0.5) is 0 Å². The summed E-state index contributed by atoms with van der Waals surface area (Å²) in [5, 5.41) is 3.08. The predicted molar refractivity (Wildman–Crippen MR) is 89.9 cm³/mol.